The van der Waals surface area contributed by atoms with E-state index in [-0.39, 0.29) is 11.5 Å². The van der Waals surface area contributed by atoms with Gasteiger partial charge in [-0.2, -0.15) is 0 Å². The monoisotopic (exact) mass is 183 g/mol. The molecule has 2 aliphatic rings. The minimum atomic E-state index is -0.279. The van der Waals surface area contributed by atoms with Crippen LogP contribution in [-0.4, -0.2) is 24.7 Å². The number of ether oxygens (including phenoxy) is 1. The van der Waals surface area contributed by atoms with E-state index < -0.39 is 0 Å². The van der Waals surface area contributed by atoms with Crippen LogP contribution in [0.15, 0.2) is 0 Å². The smallest absolute Gasteiger partial charge is 0.326 e. The summed E-state index contributed by atoms with van der Waals surface area (Å²) in [7, 11) is 0. The van der Waals surface area contributed by atoms with Gasteiger partial charge >= 0.3 is 5.97 Å². The Morgan fingerprint density at radius 1 is 1.54 bits per heavy atom. The molecule has 1 N–H and O–H groups in total. The van der Waals surface area contributed by atoms with Crippen molar-refractivity contribution in [2.75, 3.05) is 13.2 Å². The Morgan fingerprint density at radius 3 is 2.69 bits per heavy atom. The highest BCUT2D eigenvalue weighted by Crippen LogP contribution is 2.38. The summed E-state index contributed by atoms with van der Waals surface area (Å²) < 4.78 is 5.02. The predicted octanol–water partition coefficient (Wildman–Crippen LogP) is 1.08. The van der Waals surface area contributed by atoms with Crippen molar-refractivity contribution >= 4 is 5.97 Å². The molecule has 0 heterocycles. The largest absolute Gasteiger partial charge is 0.465 e. The van der Waals surface area contributed by atoms with Crippen LogP contribution in [0.1, 0.15) is 32.6 Å². The Labute approximate surface area is 78.8 Å². The molecule has 13 heavy (non-hydrogen) atoms. The summed E-state index contributed by atoms with van der Waals surface area (Å²) in [5, 5.41) is 3.34. The van der Waals surface area contributed by atoms with Gasteiger partial charge in [0.15, 0.2) is 0 Å². The third-order valence-electron chi connectivity index (χ3n) is 2.84. The minimum Gasteiger partial charge on any atom is -0.465 e. The Morgan fingerprint density at radius 2 is 2.23 bits per heavy atom. The predicted molar refractivity (Wildman–Crippen MR) is 49.3 cm³/mol. The molecule has 0 unspecified atom stereocenters. The number of carbonyl (C=O) groups excluding carboxylic acids is 1. The average Bonchev–Trinajstić information content (AvgIpc) is 2.99. The van der Waals surface area contributed by atoms with Gasteiger partial charge in [-0.1, -0.05) is 0 Å². The molecule has 3 heteroatoms. The van der Waals surface area contributed by atoms with E-state index in [0.29, 0.717) is 6.61 Å². The third-order valence-corrected chi connectivity index (χ3v) is 2.84. The summed E-state index contributed by atoms with van der Waals surface area (Å²) in [4.78, 5) is 11.5. The highest BCUT2D eigenvalue weighted by molar-refractivity contribution is 5.84. The van der Waals surface area contributed by atoms with Crippen LogP contribution >= 0.6 is 0 Å². The van der Waals surface area contributed by atoms with Crippen LogP contribution in [0.3, 0.4) is 0 Å². The van der Waals surface area contributed by atoms with E-state index in [0.717, 1.165) is 25.3 Å². The molecule has 0 bridgehead atoms. The Balaban J connectivity index is 1.77. The van der Waals surface area contributed by atoms with E-state index in [1.54, 1.807) is 0 Å². The quantitative estimate of drug-likeness (QED) is 0.648. The van der Waals surface area contributed by atoms with Crippen LogP contribution in [0.5, 0.6) is 0 Å². The van der Waals surface area contributed by atoms with Crippen molar-refractivity contribution in [3.63, 3.8) is 0 Å². The van der Waals surface area contributed by atoms with Crippen molar-refractivity contribution in [1.82, 2.24) is 5.32 Å². The molecule has 2 aliphatic carbocycles. The molecule has 0 aromatic heterocycles. The van der Waals surface area contributed by atoms with Crippen molar-refractivity contribution in [1.29, 1.82) is 0 Å². The van der Waals surface area contributed by atoms with Crippen LogP contribution in [-0.2, 0) is 9.53 Å². The lowest BCUT2D eigenvalue weighted by Crippen LogP contribution is -2.41. The van der Waals surface area contributed by atoms with Crippen molar-refractivity contribution in [2.24, 2.45) is 5.92 Å². The van der Waals surface area contributed by atoms with Gasteiger partial charge < -0.3 is 10.1 Å². The van der Waals surface area contributed by atoms with Gasteiger partial charge in [0, 0.05) is 0 Å². The molecule has 0 saturated heterocycles. The molecule has 0 spiro atoms. The maximum atomic E-state index is 11.5. The molecule has 0 aromatic carbocycles. The Kier molecular flexibility index (Phi) is 2.28. The fourth-order valence-corrected chi connectivity index (χ4v) is 1.51. The highest BCUT2D eigenvalue weighted by atomic mass is 16.5. The summed E-state index contributed by atoms with van der Waals surface area (Å²) in [6.07, 6.45) is 4.56. The minimum absolute atomic E-state index is 0.0457. The van der Waals surface area contributed by atoms with Gasteiger partial charge in [0.2, 0.25) is 0 Å². The second-order valence-corrected chi connectivity index (χ2v) is 4.13. The number of hydrogen-bond acceptors (Lipinski definition) is 3. The first-order valence-electron chi connectivity index (χ1n) is 5.19. The maximum absolute atomic E-state index is 11.5. The topological polar surface area (TPSA) is 38.3 Å². The summed E-state index contributed by atoms with van der Waals surface area (Å²) in [6, 6.07) is 0. The normalized spacial score (nSPS) is 24.1. The van der Waals surface area contributed by atoms with Gasteiger partial charge in [0.25, 0.3) is 0 Å². The molecular weight excluding hydrogens is 166 g/mol. The lowest BCUT2D eigenvalue weighted by Gasteiger charge is -2.15. The molecule has 0 aromatic rings. The molecule has 0 aliphatic heterocycles. The van der Waals surface area contributed by atoms with E-state index in [1.807, 2.05) is 6.92 Å². The highest BCUT2D eigenvalue weighted by Gasteiger charge is 2.51. The first-order valence-corrected chi connectivity index (χ1v) is 5.19. The Hall–Kier alpha value is -0.570. The van der Waals surface area contributed by atoms with Crippen molar-refractivity contribution in [2.45, 2.75) is 38.1 Å². The zero-order valence-electron chi connectivity index (χ0n) is 8.14. The van der Waals surface area contributed by atoms with E-state index in [9.17, 15) is 4.79 Å². The fraction of sp³-hybridized carbons (Fsp3) is 0.900. The fourth-order valence-electron chi connectivity index (χ4n) is 1.51. The van der Waals surface area contributed by atoms with Crippen molar-refractivity contribution in [3.05, 3.63) is 0 Å². The van der Waals surface area contributed by atoms with Crippen LogP contribution in [0.4, 0.5) is 0 Å². The molecule has 0 amide bonds. The third kappa shape index (κ3) is 2.02. The molecule has 3 nitrogen and oxygen atoms in total. The summed E-state index contributed by atoms with van der Waals surface area (Å²) in [5.74, 6) is 0.780. The first kappa shape index (κ1) is 9.00. The SMILES string of the molecule is CCOC(=O)C1(NCC2CC2)CC1. The average molecular weight is 183 g/mol. The number of esters is 1. The summed E-state index contributed by atoms with van der Waals surface area (Å²) in [5.41, 5.74) is -0.279. The van der Waals surface area contributed by atoms with Gasteiger partial charge in [-0.25, -0.2) is 0 Å². The molecule has 0 atom stereocenters. The molecule has 2 rings (SSSR count). The van der Waals surface area contributed by atoms with Gasteiger partial charge in [-0.15, -0.1) is 0 Å². The van der Waals surface area contributed by atoms with E-state index >= 15 is 0 Å². The molecule has 0 radical (unpaired) electrons. The summed E-state index contributed by atoms with van der Waals surface area (Å²) in [6.45, 7) is 3.35. The number of hydrogen-bond donors (Lipinski definition) is 1. The van der Waals surface area contributed by atoms with Gasteiger partial charge in [-0.05, 0) is 45.1 Å². The number of carbonyl (C=O) groups is 1. The van der Waals surface area contributed by atoms with Gasteiger partial charge in [0.05, 0.1) is 6.61 Å². The number of nitrogens with one attached hydrogen (secondary N) is 1. The Bertz CT molecular complexity index is 207. The lowest BCUT2D eigenvalue weighted by molar-refractivity contribution is -0.146. The van der Waals surface area contributed by atoms with E-state index in [1.165, 1.54) is 12.8 Å². The maximum Gasteiger partial charge on any atom is 0.326 e. The van der Waals surface area contributed by atoms with Crippen molar-refractivity contribution in [3.8, 4) is 0 Å². The molecule has 2 saturated carbocycles. The number of rotatable bonds is 5. The van der Waals surface area contributed by atoms with Crippen molar-refractivity contribution < 1.29 is 9.53 Å². The standard InChI is InChI=1S/C10H17NO2/c1-2-13-9(12)10(5-6-10)11-7-8-3-4-8/h8,11H,2-7H2,1H3. The second-order valence-electron chi connectivity index (χ2n) is 4.13. The summed E-state index contributed by atoms with van der Waals surface area (Å²) >= 11 is 0. The van der Waals surface area contributed by atoms with E-state index in [2.05, 4.69) is 5.32 Å². The molecule has 2 fully saturated rings. The van der Waals surface area contributed by atoms with E-state index in [4.69, 9.17) is 4.74 Å². The van der Waals surface area contributed by atoms with Crippen LogP contribution in [0.25, 0.3) is 0 Å². The van der Waals surface area contributed by atoms with Gasteiger partial charge in [-0.3, -0.25) is 4.79 Å². The lowest BCUT2D eigenvalue weighted by atomic mass is 10.2. The zero-order chi connectivity index (χ0) is 9.31. The second kappa shape index (κ2) is 3.29. The zero-order valence-corrected chi connectivity index (χ0v) is 8.14. The molecular formula is C10H17NO2. The van der Waals surface area contributed by atoms with Crippen LogP contribution < -0.4 is 5.32 Å². The van der Waals surface area contributed by atoms with Crippen LogP contribution in [0, 0.1) is 5.92 Å². The molecule has 74 valence electrons. The van der Waals surface area contributed by atoms with Crippen LogP contribution in [0.2, 0.25) is 0 Å². The van der Waals surface area contributed by atoms with Gasteiger partial charge in [0.1, 0.15) is 5.54 Å². The first-order chi connectivity index (χ1) is 6.27.